The summed E-state index contributed by atoms with van der Waals surface area (Å²) in [4.78, 5) is 40.1. The van der Waals surface area contributed by atoms with Gasteiger partial charge in [0, 0.05) is 29.3 Å². The molecule has 3 atom stereocenters. The van der Waals surface area contributed by atoms with Crippen molar-refractivity contribution in [2.45, 2.75) is 31.0 Å². The first-order valence-electron chi connectivity index (χ1n) is 10.2. The molecule has 0 saturated carbocycles. The standard InChI is InChI=1S/C23H26N4O4S/c24-17(11-15-12-25-18-9-5-4-8-16(15)18)21(28)26-19(10-14-6-2-1-3-7-14)22(29)27-20(13-32)23(30)31/h1-9,12,17,19-20,25,32H,10-11,13,24H2,(H,26,28)(H,27,29)(H,30,31). The number of aromatic amines is 1. The summed E-state index contributed by atoms with van der Waals surface area (Å²) in [5, 5.41) is 15.3. The van der Waals surface area contributed by atoms with E-state index in [2.05, 4.69) is 28.2 Å². The monoisotopic (exact) mass is 454 g/mol. The van der Waals surface area contributed by atoms with E-state index in [9.17, 15) is 19.5 Å². The van der Waals surface area contributed by atoms with Crippen LogP contribution in [0.3, 0.4) is 0 Å². The number of aromatic nitrogens is 1. The highest BCUT2D eigenvalue weighted by Gasteiger charge is 2.28. The van der Waals surface area contributed by atoms with E-state index in [4.69, 9.17) is 5.73 Å². The number of hydrogen-bond acceptors (Lipinski definition) is 5. The van der Waals surface area contributed by atoms with Crippen LogP contribution in [0.2, 0.25) is 0 Å². The Morgan fingerprint density at radius 2 is 1.59 bits per heavy atom. The van der Waals surface area contributed by atoms with Crippen LogP contribution in [-0.4, -0.2) is 51.8 Å². The number of nitrogens with one attached hydrogen (secondary N) is 3. The summed E-state index contributed by atoms with van der Waals surface area (Å²) in [6.45, 7) is 0. The lowest BCUT2D eigenvalue weighted by molar-refractivity contribution is -0.141. The van der Waals surface area contributed by atoms with E-state index in [1.165, 1.54) is 0 Å². The van der Waals surface area contributed by atoms with E-state index in [1.54, 1.807) is 0 Å². The molecule has 0 saturated heterocycles. The van der Waals surface area contributed by atoms with E-state index in [0.717, 1.165) is 22.0 Å². The molecule has 32 heavy (non-hydrogen) atoms. The highest BCUT2D eigenvalue weighted by molar-refractivity contribution is 7.80. The molecule has 0 radical (unpaired) electrons. The Balaban J connectivity index is 1.72. The number of benzene rings is 2. The van der Waals surface area contributed by atoms with Gasteiger partial charge in [0.1, 0.15) is 12.1 Å². The van der Waals surface area contributed by atoms with Gasteiger partial charge >= 0.3 is 5.97 Å². The van der Waals surface area contributed by atoms with Gasteiger partial charge in [0.25, 0.3) is 0 Å². The average molecular weight is 455 g/mol. The fraction of sp³-hybridized carbons (Fsp3) is 0.261. The number of carboxylic acids is 1. The van der Waals surface area contributed by atoms with Crippen molar-refractivity contribution in [2.24, 2.45) is 5.73 Å². The molecule has 8 nitrogen and oxygen atoms in total. The molecule has 2 aromatic carbocycles. The van der Waals surface area contributed by atoms with Crippen LogP contribution in [0.1, 0.15) is 11.1 Å². The maximum atomic E-state index is 12.8. The zero-order chi connectivity index (χ0) is 23.1. The number of amides is 2. The quantitative estimate of drug-likeness (QED) is 0.256. The minimum absolute atomic E-state index is 0.0762. The molecular weight excluding hydrogens is 428 g/mol. The second-order valence-corrected chi connectivity index (χ2v) is 7.87. The Labute approximate surface area is 191 Å². The molecule has 9 heteroatoms. The molecule has 0 spiro atoms. The number of thiol groups is 1. The summed E-state index contributed by atoms with van der Waals surface area (Å²) in [6.07, 6.45) is 2.29. The van der Waals surface area contributed by atoms with Gasteiger partial charge in [-0.2, -0.15) is 12.6 Å². The Hall–Kier alpha value is -3.30. The number of rotatable bonds is 10. The maximum absolute atomic E-state index is 12.8. The van der Waals surface area contributed by atoms with Crippen LogP contribution in [0.4, 0.5) is 0 Å². The Bertz CT molecular complexity index is 1090. The van der Waals surface area contributed by atoms with Gasteiger partial charge in [-0.3, -0.25) is 9.59 Å². The van der Waals surface area contributed by atoms with E-state index < -0.39 is 35.9 Å². The number of para-hydroxylation sites is 1. The third kappa shape index (κ3) is 5.89. The predicted octanol–water partition coefficient (Wildman–Crippen LogP) is 1.26. The van der Waals surface area contributed by atoms with Gasteiger partial charge < -0.3 is 26.5 Å². The molecule has 1 heterocycles. The van der Waals surface area contributed by atoms with Gasteiger partial charge in [0.2, 0.25) is 11.8 Å². The highest BCUT2D eigenvalue weighted by atomic mass is 32.1. The van der Waals surface area contributed by atoms with Crippen LogP contribution < -0.4 is 16.4 Å². The van der Waals surface area contributed by atoms with Gasteiger partial charge in [-0.15, -0.1) is 0 Å². The van der Waals surface area contributed by atoms with Gasteiger partial charge in [0.15, 0.2) is 0 Å². The third-order valence-electron chi connectivity index (χ3n) is 5.16. The number of H-pyrrole nitrogens is 1. The summed E-state index contributed by atoms with van der Waals surface area (Å²) < 4.78 is 0. The lowest BCUT2D eigenvalue weighted by Gasteiger charge is -2.22. The van der Waals surface area contributed by atoms with Crippen molar-refractivity contribution in [1.29, 1.82) is 0 Å². The first-order chi connectivity index (χ1) is 15.4. The Kier molecular flexibility index (Phi) is 7.91. The van der Waals surface area contributed by atoms with Gasteiger partial charge in [0.05, 0.1) is 6.04 Å². The molecule has 3 aromatic rings. The number of nitrogens with two attached hydrogens (primary N) is 1. The van der Waals surface area contributed by atoms with Crippen LogP contribution in [0.25, 0.3) is 10.9 Å². The third-order valence-corrected chi connectivity index (χ3v) is 5.53. The SMILES string of the molecule is NC(Cc1c[nH]c2ccccc12)C(=O)NC(Cc1ccccc1)C(=O)NC(CS)C(=O)O. The molecule has 168 valence electrons. The molecule has 6 N–H and O–H groups in total. The second kappa shape index (κ2) is 10.8. The number of aliphatic carboxylic acids is 1. The molecule has 1 aromatic heterocycles. The largest absolute Gasteiger partial charge is 0.480 e. The van der Waals surface area contributed by atoms with E-state index in [0.29, 0.717) is 0 Å². The normalized spacial score (nSPS) is 13.8. The lowest BCUT2D eigenvalue weighted by Crippen LogP contribution is -2.55. The van der Waals surface area contributed by atoms with Gasteiger partial charge in [-0.05, 0) is 23.6 Å². The minimum atomic E-state index is -1.20. The Morgan fingerprint density at radius 1 is 0.938 bits per heavy atom. The van der Waals surface area contributed by atoms with Crippen molar-refractivity contribution in [2.75, 3.05) is 5.75 Å². The number of carbonyl (C=O) groups excluding carboxylic acids is 2. The minimum Gasteiger partial charge on any atom is -0.480 e. The van der Waals surface area contributed by atoms with Crippen molar-refractivity contribution in [3.63, 3.8) is 0 Å². The van der Waals surface area contributed by atoms with Crippen LogP contribution in [-0.2, 0) is 27.2 Å². The summed E-state index contributed by atoms with van der Waals surface area (Å²) in [5.74, 6) is -2.38. The number of carboxylic acid groups (broad SMARTS) is 1. The molecule has 0 aliphatic heterocycles. The van der Waals surface area contributed by atoms with Crippen LogP contribution in [0, 0.1) is 0 Å². The Morgan fingerprint density at radius 3 is 2.28 bits per heavy atom. The van der Waals surface area contributed by atoms with Crippen molar-refractivity contribution in [3.05, 3.63) is 71.9 Å². The summed E-state index contributed by atoms with van der Waals surface area (Å²) in [5.41, 5.74) is 8.81. The van der Waals surface area contributed by atoms with Crippen LogP contribution in [0.5, 0.6) is 0 Å². The molecule has 0 fully saturated rings. The van der Waals surface area contributed by atoms with E-state index in [-0.39, 0.29) is 18.6 Å². The van der Waals surface area contributed by atoms with Crippen LogP contribution >= 0.6 is 12.6 Å². The van der Waals surface area contributed by atoms with Crippen molar-refractivity contribution >= 4 is 41.3 Å². The molecule has 0 bridgehead atoms. The molecule has 3 rings (SSSR count). The number of fused-ring (bicyclic) bond motifs is 1. The van der Waals surface area contributed by atoms with Crippen molar-refractivity contribution in [3.8, 4) is 0 Å². The average Bonchev–Trinajstić information content (AvgIpc) is 3.20. The molecule has 0 aliphatic carbocycles. The number of carbonyl (C=O) groups is 3. The fourth-order valence-corrected chi connectivity index (χ4v) is 3.67. The molecular formula is C23H26N4O4S. The maximum Gasteiger partial charge on any atom is 0.327 e. The predicted molar refractivity (Wildman–Crippen MR) is 125 cm³/mol. The van der Waals surface area contributed by atoms with Crippen LogP contribution in [0.15, 0.2) is 60.8 Å². The zero-order valence-electron chi connectivity index (χ0n) is 17.3. The summed E-state index contributed by atoms with van der Waals surface area (Å²) in [6, 6.07) is 13.8. The summed E-state index contributed by atoms with van der Waals surface area (Å²) in [7, 11) is 0. The zero-order valence-corrected chi connectivity index (χ0v) is 18.2. The van der Waals surface area contributed by atoms with Crippen molar-refractivity contribution in [1.82, 2.24) is 15.6 Å². The first-order valence-corrected chi connectivity index (χ1v) is 10.8. The fourth-order valence-electron chi connectivity index (χ4n) is 3.43. The van der Waals surface area contributed by atoms with Gasteiger partial charge in [-0.1, -0.05) is 48.5 Å². The molecule has 3 unspecified atom stereocenters. The topological polar surface area (TPSA) is 137 Å². The second-order valence-electron chi connectivity index (χ2n) is 7.50. The van der Waals surface area contributed by atoms with E-state index >= 15 is 0 Å². The summed E-state index contributed by atoms with van der Waals surface area (Å²) >= 11 is 3.97. The number of hydrogen-bond donors (Lipinski definition) is 6. The highest BCUT2D eigenvalue weighted by Crippen LogP contribution is 2.18. The molecule has 2 amide bonds. The first kappa shape index (κ1) is 23.4. The van der Waals surface area contributed by atoms with E-state index in [1.807, 2.05) is 60.8 Å². The smallest absolute Gasteiger partial charge is 0.327 e. The lowest BCUT2D eigenvalue weighted by atomic mass is 10.0. The van der Waals surface area contributed by atoms with Crippen molar-refractivity contribution < 1.29 is 19.5 Å². The van der Waals surface area contributed by atoms with Gasteiger partial charge in [-0.25, -0.2) is 4.79 Å². The molecule has 0 aliphatic rings.